The Morgan fingerprint density at radius 2 is 2.15 bits per heavy atom. The first-order chi connectivity index (χ1) is 12.9. The van der Waals surface area contributed by atoms with E-state index >= 15 is 0 Å². The number of nitrogens with zero attached hydrogens (tertiary/aromatic N) is 2. The third-order valence-corrected chi connectivity index (χ3v) is 4.44. The molecule has 0 spiro atoms. The van der Waals surface area contributed by atoms with Gasteiger partial charge < -0.3 is 19.1 Å². The Morgan fingerprint density at radius 3 is 2.81 bits per heavy atom. The number of rotatable bonds is 7. The lowest BCUT2D eigenvalue weighted by molar-refractivity contribution is 0.0694. The van der Waals surface area contributed by atoms with Crippen molar-refractivity contribution in [3.8, 4) is 17.1 Å². The maximum Gasteiger partial charge on any atom is 0.341 e. The van der Waals surface area contributed by atoms with Crippen LogP contribution in [-0.4, -0.2) is 41.0 Å². The highest BCUT2D eigenvalue weighted by Crippen LogP contribution is 2.34. The predicted octanol–water partition coefficient (Wildman–Crippen LogP) is 2.61. The minimum Gasteiger partial charge on any atom is -0.491 e. The zero-order valence-electron chi connectivity index (χ0n) is 15.4. The number of hydrogen-bond donors (Lipinski definition) is 1. The number of carboxylic acid groups (broad SMARTS) is 1. The average molecular weight is 370 g/mol. The van der Waals surface area contributed by atoms with E-state index in [1.54, 1.807) is 11.7 Å². The monoisotopic (exact) mass is 370 g/mol. The Bertz CT molecular complexity index is 962. The second-order valence-electron chi connectivity index (χ2n) is 6.50. The molecule has 0 saturated carbocycles. The number of fused-ring (bicyclic) bond motifs is 3. The van der Waals surface area contributed by atoms with Crippen LogP contribution in [0.15, 0.2) is 29.7 Å². The standard InChI is InChI=1S/C20H22N2O5/c1-12(2)18-17(27-8-4-7-26-3)9-13-5-6-22-11-14(20(24)25)16(23)10-15(22)19(13)21-18/h9-11H,1,4-8H2,2-3H3,(H,24,25). The third-order valence-electron chi connectivity index (χ3n) is 4.44. The molecule has 0 atom stereocenters. The van der Waals surface area contributed by atoms with Gasteiger partial charge in [0.05, 0.1) is 18.0 Å². The second-order valence-corrected chi connectivity index (χ2v) is 6.50. The van der Waals surface area contributed by atoms with Gasteiger partial charge in [0, 0.05) is 38.9 Å². The van der Waals surface area contributed by atoms with Crippen LogP contribution in [0, 0.1) is 0 Å². The normalized spacial score (nSPS) is 12.2. The molecule has 1 aliphatic rings. The van der Waals surface area contributed by atoms with Crippen molar-refractivity contribution in [3.63, 3.8) is 0 Å². The smallest absolute Gasteiger partial charge is 0.341 e. The van der Waals surface area contributed by atoms with E-state index < -0.39 is 11.4 Å². The van der Waals surface area contributed by atoms with Gasteiger partial charge in [-0.25, -0.2) is 9.78 Å². The lowest BCUT2D eigenvalue weighted by Crippen LogP contribution is -2.22. The van der Waals surface area contributed by atoms with Crippen LogP contribution in [-0.2, 0) is 17.7 Å². The molecule has 3 rings (SSSR count). The summed E-state index contributed by atoms with van der Waals surface area (Å²) in [6.45, 7) is 7.51. The molecule has 27 heavy (non-hydrogen) atoms. The number of aromatic nitrogens is 2. The van der Waals surface area contributed by atoms with Crippen LogP contribution in [0.5, 0.6) is 5.75 Å². The van der Waals surface area contributed by atoms with Gasteiger partial charge in [-0.15, -0.1) is 0 Å². The highest BCUT2D eigenvalue weighted by molar-refractivity contribution is 5.87. The molecule has 0 bridgehead atoms. The van der Waals surface area contributed by atoms with E-state index in [0.29, 0.717) is 49.0 Å². The van der Waals surface area contributed by atoms with Gasteiger partial charge in [-0.1, -0.05) is 6.58 Å². The van der Waals surface area contributed by atoms with E-state index in [1.165, 1.54) is 12.3 Å². The molecule has 7 nitrogen and oxygen atoms in total. The van der Waals surface area contributed by atoms with E-state index in [1.807, 2.05) is 13.0 Å². The number of hydrogen-bond acceptors (Lipinski definition) is 5. The molecule has 0 radical (unpaired) electrons. The topological polar surface area (TPSA) is 90.7 Å². The van der Waals surface area contributed by atoms with Crippen molar-refractivity contribution in [3.05, 3.63) is 52.0 Å². The molecule has 1 N–H and O–H groups in total. The maximum absolute atomic E-state index is 12.2. The molecule has 7 heteroatoms. The Hall–Kier alpha value is -2.93. The van der Waals surface area contributed by atoms with Crippen LogP contribution in [0.1, 0.15) is 35.0 Å². The molecule has 0 fully saturated rings. The number of pyridine rings is 2. The average Bonchev–Trinajstić information content (AvgIpc) is 2.63. The zero-order valence-corrected chi connectivity index (χ0v) is 15.4. The Balaban J connectivity index is 2.04. The summed E-state index contributed by atoms with van der Waals surface area (Å²) in [6, 6.07) is 3.29. The molecule has 3 heterocycles. The SMILES string of the molecule is C=C(C)c1nc2c(cc1OCCCOC)CCn1cc(C(=O)O)c(=O)cc1-2. The predicted molar refractivity (Wildman–Crippen MR) is 101 cm³/mol. The number of carbonyl (C=O) groups is 1. The number of aromatic carboxylic acids is 1. The third kappa shape index (κ3) is 3.78. The van der Waals surface area contributed by atoms with Crippen LogP contribution in [0.4, 0.5) is 0 Å². The molecule has 142 valence electrons. The van der Waals surface area contributed by atoms with Crippen LogP contribution >= 0.6 is 0 Å². The highest BCUT2D eigenvalue weighted by atomic mass is 16.5. The largest absolute Gasteiger partial charge is 0.491 e. The quantitative estimate of drug-likeness (QED) is 0.754. The van der Waals surface area contributed by atoms with Crippen molar-refractivity contribution in [1.82, 2.24) is 9.55 Å². The molecule has 0 amide bonds. The maximum atomic E-state index is 12.2. The molecule has 2 aromatic heterocycles. The fraction of sp³-hybridized carbons (Fsp3) is 0.350. The molecule has 0 aliphatic carbocycles. The lowest BCUT2D eigenvalue weighted by Gasteiger charge is -2.24. The van der Waals surface area contributed by atoms with Crippen molar-refractivity contribution < 1.29 is 19.4 Å². The van der Waals surface area contributed by atoms with Gasteiger partial charge >= 0.3 is 5.97 Å². The van der Waals surface area contributed by atoms with Crippen molar-refractivity contribution in [1.29, 1.82) is 0 Å². The van der Waals surface area contributed by atoms with Crippen molar-refractivity contribution in [2.45, 2.75) is 26.3 Å². The Kier molecular flexibility index (Phi) is 5.41. The van der Waals surface area contributed by atoms with Crippen molar-refractivity contribution in [2.24, 2.45) is 0 Å². The summed E-state index contributed by atoms with van der Waals surface area (Å²) >= 11 is 0. The first-order valence-corrected chi connectivity index (χ1v) is 8.72. The van der Waals surface area contributed by atoms with Crippen LogP contribution in [0.25, 0.3) is 17.0 Å². The van der Waals surface area contributed by atoms with E-state index in [9.17, 15) is 14.7 Å². The van der Waals surface area contributed by atoms with Crippen LogP contribution in [0.3, 0.4) is 0 Å². The van der Waals surface area contributed by atoms with Gasteiger partial charge in [0.2, 0.25) is 0 Å². The molecular formula is C20H22N2O5. The van der Waals surface area contributed by atoms with E-state index in [0.717, 1.165) is 17.6 Å². The molecule has 0 aromatic carbocycles. The lowest BCUT2D eigenvalue weighted by atomic mass is 10.00. The molecule has 1 aliphatic heterocycles. The van der Waals surface area contributed by atoms with Gasteiger partial charge in [-0.3, -0.25) is 4.79 Å². The summed E-state index contributed by atoms with van der Waals surface area (Å²) in [4.78, 5) is 28.1. The fourth-order valence-electron chi connectivity index (χ4n) is 3.11. The van der Waals surface area contributed by atoms with Crippen LogP contribution < -0.4 is 10.2 Å². The summed E-state index contributed by atoms with van der Waals surface area (Å²) in [6.07, 6.45) is 2.82. The van der Waals surface area contributed by atoms with E-state index in [-0.39, 0.29) is 5.56 Å². The first kappa shape index (κ1) is 18.8. The minimum atomic E-state index is -1.23. The van der Waals surface area contributed by atoms with Gasteiger partial charge in [0.1, 0.15) is 17.0 Å². The minimum absolute atomic E-state index is 0.236. The van der Waals surface area contributed by atoms with E-state index in [4.69, 9.17) is 14.5 Å². The molecule has 0 unspecified atom stereocenters. The summed E-state index contributed by atoms with van der Waals surface area (Å²) in [5.41, 5.74) is 2.86. The fourth-order valence-corrected chi connectivity index (χ4v) is 3.11. The van der Waals surface area contributed by atoms with E-state index in [2.05, 4.69) is 6.58 Å². The second kappa shape index (κ2) is 7.75. The summed E-state index contributed by atoms with van der Waals surface area (Å²) in [5, 5.41) is 9.17. The Labute approximate surface area is 156 Å². The number of carboxylic acids is 1. The van der Waals surface area contributed by atoms with Crippen molar-refractivity contribution >= 4 is 11.5 Å². The van der Waals surface area contributed by atoms with Crippen molar-refractivity contribution in [2.75, 3.05) is 20.3 Å². The van der Waals surface area contributed by atoms with Gasteiger partial charge in [0.25, 0.3) is 0 Å². The number of aryl methyl sites for hydroxylation is 2. The summed E-state index contributed by atoms with van der Waals surface area (Å²) < 4.78 is 12.7. The molecular weight excluding hydrogens is 348 g/mol. The number of allylic oxidation sites excluding steroid dienone is 1. The van der Waals surface area contributed by atoms with Gasteiger partial charge in [-0.05, 0) is 30.5 Å². The zero-order chi connectivity index (χ0) is 19.6. The van der Waals surface area contributed by atoms with Crippen LogP contribution in [0.2, 0.25) is 0 Å². The number of ether oxygens (including phenoxy) is 2. The first-order valence-electron chi connectivity index (χ1n) is 8.72. The summed E-state index contributed by atoms with van der Waals surface area (Å²) in [5.74, 6) is -0.563. The number of methoxy groups -OCH3 is 1. The Morgan fingerprint density at radius 1 is 1.37 bits per heavy atom. The molecule has 0 saturated heterocycles. The highest BCUT2D eigenvalue weighted by Gasteiger charge is 2.23. The molecule has 2 aromatic rings. The summed E-state index contributed by atoms with van der Waals surface area (Å²) in [7, 11) is 1.65. The van der Waals surface area contributed by atoms with Gasteiger partial charge in [0.15, 0.2) is 5.43 Å². The van der Waals surface area contributed by atoms with Gasteiger partial charge in [-0.2, -0.15) is 0 Å².